The summed E-state index contributed by atoms with van der Waals surface area (Å²) in [6.45, 7) is 0.585. The van der Waals surface area contributed by atoms with Crippen LogP contribution in [0.2, 0.25) is 0 Å². The molecule has 0 atom stereocenters. The highest BCUT2D eigenvalue weighted by Crippen LogP contribution is 2.31. The van der Waals surface area contributed by atoms with E-state index in [0.29, 0.717) is 17.8 Å². The van der Waals surface area contributed by atoms with Crippen LogP contribution in [-0.2, 0) is 6.42 Å². The molecule has 1 aliphatic heterocycles. The first-order chi connectivity index (χ1) is 14.0. The zero-order chi connectivity index (χ0) is 20.4. The first kappa shape index (κ1) is 18.8. The Kier molecular flexibility index (Phi) is 5.08. The molecule has 0 aliphatic carbocycles. The molecule has 6 heteroatoms. The predicted octanol–water partition coefficient (Wildman–Crippen LogP) is 4.81. The van der Waals surface area contributed by atoms with Crippen molar-refractivity contribution >= 4 is 23.2 Å². The molecule has 0 spiro atoms. The van der Waals surface area contributed by atoms with Gasteiger partial charge in [-0.3, -0.25) is 9.59 Å². The maximum absolute atomic E-state index is 13.4. The van der Waals surface area contributed by atoms with E-state index in [1.807, 2.05) is 24.3 Å². The minimum Gasteiger partial charge on any atom is -0.322 e. The third kappa shape index (κ3) is 3.87. The van der Waals surface area contributed by atoms with Crippen LogP contribution in [0.4, 0.5) is 20.2 Å². The molecule has 4 rings (SSSR count). The van der Waals surface area contributed by atoms with Gasteiger partial charge in [-0.05, 0) is 60.9 Å². The average molecular weight is 392 g/mol. The zero-order valence-electron chi connectivity index (χ0n) is 15.5. The second kappa shape index (κ2) is 7.83. The molecule has 1 N–H and O–H groups in total. The lowest BCUT2D eigenvalue weighted by Gasteiger charge is -2.30. The van der Waals surface area contributed by atoms with Crippen LogP contribution in [-0.4, -0.2) is 18.4 Å². The SMILES string of the molecule is O=C(Nc1ccc2c(c1)N(C(=O)c1ccccc1)CCC2)c1ccc(F)c(F)c1. The van der Waals surface area contributed by atoms with Gasteiger partial charge in [0, 0.05) is 29.0 Å². The smallest absolute Gasteiger partial charge is 0.258 e. The fraction of sp³-hybridized carbons (Fsp3) is 0.130. The van der Waals surface area contributed by atoms with Crippen molar-refractivity contribution in [2.75, 3.05) is 16.8 Å². The summed E-state index contributed by atoms with van der Waals surface area (Å²) in [6.07, 6.45) is 1.69. The highest BCUT2D eigenvalue weighted by molar-refractivity contribution is 6.08. The summed E-state index contributed by atoms with van der Waals surface area (Å²) >= 11 is 0. The van der Waals surface area contributed by atoms with Gasteiger partial charge in [0.25, 0.3) is 11.8 Å². The van der Waals surface area contributed by atoms with Gasteiger partial charge in [0.15, 0.2) is 11.6 Å². The van der Waals surface area contributed by atoms with Crippen molar-refractivity contribution in [3.8, 4) is 0 Å². The molecular weight excluding hydrogens is 374 g/mol. The molecule has 3 aromatic rings. The molecule has 1 aliphatic rings. The topological polar surface area (TPSA) is 49.4 Å². The van der Waals surface area contributed by atoms with Crippen LogP contribution in [0.1, 0.15) is 32.7 Å². The maximum atomic E-state index is 13.4. The number of nitrogens with one attached hydrogen (secondary N) is 1. The normalized spacial score (nSPS) is 13.0. The number of rotatable bonds is 3. The quantitative estimate of drug-likeness (QED) is 0.695. The maximum Gasteiger partial charge on any atom is 0.258 e. The third-order valence-corrected chi connectivity index (χ3v) is 4.91. The zero-order valence-corrected chi connectivity index (χ0v) is 15.5. The number of carbonyl (C=O) groups is 2. The summed E-state index contributed by atoms with van der Waals surface area (Å²) in [6, 6.07) is 17.4. The van der Waals surface area contributed by atoms with Gasteiger partial charge < -0.3 is 10.2 Å². The molecule has 3 aromatic carbocycles. The van der Waals surface area contributed by atoms with Crippen molar-refractivity contribution in [1.82, 2.24) is 0 Å². The number of benzene rings is 3. The molecule has 0 radical (unpaired) electrons. The Hall–Kier alpha value is -3.54. The van der Waals surface area contributed by atoms with Crippen molar-refractivity contribution < 1.29 is 18.4 Å². The molecule has 0 fully saturated rings. The largest absolute Gasteiger partial charge is 0.322 e. The third-order valence-electron chi connectivity index (χ3n) is 4.91. The van der Waals surface area contributed by atoms with Gasteiger partial charge in [-0.2, -0.15) is 0 Å². The van der Waals surface area contributed by atoms with Crippen LogP contribution in [0.15, 0.2) is 66.7 Å². The highest BCUT2D eigenvalue weighted by Gasteiger charge is 2.24. The first-order valence-electron chi connectivity index (χ1n) is 9.29. The van der Waals surface area contributed by atoms with Crippen molar-refractivity contribution in [3.05, 3.63) is 95.1 Å². The Labute approximate surface area is 166 Å². The van der Waals surface area contributed by atoms with Gasteiger partial charge in [0.05, 0.1) is 0 Å². The molecule has 0 unspecified atom stereocenters. The molecule has 0 bridgehead atoms. The van der Waals surface area contributed by atoms with Gasteiger partial charge >= 0.3 is 0 Å². The Morgan fingerprint density at radius 2 is 1.66 bits per heavy atom. The minimum atomic E-state index is -1.08. The lowest BCUT2D eigenvalue weighted by Crippen LogP contribution is -2.35. The summed E-state index contributed by atoms with van der Waals surface area (Å²) in [5.41, 5.74) is 2.85. The monoisotopic (exact) mass is 392 g/mol. The second-order valence-electron chi connectivity index (χ2n) is 6.85. The summed E-state index contributed by atoms with van der Waals surface area (Å²) in [5, 5.41) is 2.69. The summed E-state index contributed by atoms with van der Waals surface area (Å²) < 4.78 is 26.5. The number of fused-ring (bicyclic) bond motifs is 1. The van der Waals surface area contributed by atoms with Gasteiger partial charge in [0.1, 0.15) is 0 Å². The standard InChI is InChI=1S/C23H18F2N2O2/c24-19-11-9-17(13-20(19)25)22(28)26-18-10-8-15-7-4-12-27(21(15)14-18)23(29)16-5-2-1-3-6-16/h1-3,5-6,8-11,13-14H,4,7,12H2,(H,26,28). The van der Waals surface area contributed by atoms with Crippen LogP contribution in [0, 0.1) is 11.6 Å². The van der Waals surface area contributed by atoms with E-state index in [1.54, 1.807) is 29.2 Å². The predicted molar refractivity (Wildman–Crippen MR) is 107 cm³/mol. The van der Waals surface area contributed by atoms with Crippen molar-refractivity contribution in [1.29, 1.82) is 0 Å². The van der Waals surface area contributed by atoms with Crippen LogP contribution < -0.4 is 10.2 Å². The Balaban J connectivity index is 1.60. The number of carbonyl (C=O) groups excluding carboxylic acids is 2. The summed E-state index contributed by atoms with van der Waals surface area (Å²) in [5.74, 6) is -2.75. The van der Waals surface area contributed by atoms with Crippen molar-refractivity contribution in [2.24, 2.45) is 0 Å². The van der Waals surface area contributed by atoms with E-state index in [-0.39, 0.29) is 11.5 Å². The molecule has 4 nitrogen and oxygen atoms in total. The van der Waals surface area contributed by atoms with E-state index in [9.17, 15) is 18.4 Å². The lowest BCUT2D eigenvalue weighted by atomic mass is 10.00. The Bertz CT molecular complexity index is 1080. The molecule has 1 heterocycles. The van der Waals surface area contributed by atoms with Crippen LogP contribution in [0.3, 0.4) is 0 Å². The Morgan fingerprint density at radius 3 is 2.41 bits per heavy atom. The number of hydrogen-bond acceptors (Lipinski definition) is 2. The summed E-state index contributed by atoms with van der Waals surface area (Å²) in [7, 11) is 0. The number of nitrogens with zero attached hydrogens (tertiary/aromatic N) is 1. The van der Waals surface area contributed by atoms with Crippen LogP contribution in [0.25, 0.3) is 0 Å². The van der Waals surface area contributed by atoms with Gasteiger partial charge in [-0.1, -0.05) is 24.3 Å². The highest BCUT2D eigenvalue weighted by atomic mass is 19.2. The molecular formula is C23H18F2N2O2. The molecule has 2 amide bonds. The van der Waals surface area contributed by atoms with E-state index in [0.717, 1.165) is 36.2 Å². The van der Waals surface area contributed by atoms with Crippen molar-refractivity contribution in [3.63, 3.8) is 0 Å². The molecule has 29 heavy (non-hydrogen) atoms. The minimum absolute atomic E-state index is 0.0128. The number of amides is 2. The van der Waals surface area contributed by atoms with E-state index in [1.165, 1.54) is 6.07 Å². The molecule has 0 aromatic heterocycles. The van der Waals surface area contributed by atoms with Crippen LogP contribution in [0.5, 0.6) is 0 Å². The van der Waals surface area contributed by atoms with Gasteiger partial charge in [-0.15, -0.1) is 0 Å². The summed E-state index contributed by atoms with van der Waals surface area (Å²) in [4.78, 5) is 27.1. The molecule has 146 valence electrons. The second-order valence-corrected chi connectivity index (χ2v) is 6.85. The first-order valence-corrected chi connectivity index (χ1v) is 9.29. The number of halogens is 2. The Morgan fingerprint density at radius 1 is 0.862 bits per heavy atom. The number of aryl methyl sites for hydroxylation is 1. The fourth-order valence-electron chi connectivity index (χ4n) is 3.44. The number of hydrogen-bond donors (Lipinski definition) is 1. The molecule has 0 saturated heterocycles. The lowest BCUT2D eigenvalue weighted by molar-refractivity contribution is 0.0984. The van der Waals surface area contributed by atoms with Crippen LogP contribution >= 0.6 is 0 Å². The average Bonchev–Trinajstić information content (AvgIpc) is 2.75. The van der Waals surface area contributed by atoms with E-state index >= 15 is 0 Å². The van der Waals surface area contributed by atoms with Gasteiger partial charge in [0.2, 0.25) is 0 Å². The number of anilines is 2. The fourth-order valence-corrected chi connectivity index (χ4v) is 3.44. The van der Waals surface area contributed by atoms with E-state index in [4.69, 9.17) is 0 Å². The van der Waals surface area contributed by atoms with E-state index in [2.05, 4.69) is 5.32 Å². The molecule has 0 saturated carbocycles. The van der Waals surface area contributed by atoms with Gasteiger partial charge in [-0.25, -0.2) is 8.78 Å². The van der Waals surface area contributed by atoms with Crippen molar-refractivity contribution in [2.45, 2.75) is 12.8 Å². The van der Waals surface area contributed by atoms with E-state index < -0.39 is 17.5 Å².